The number of hydrogen-bond donors (Lipinski definition) is 1. The predicted octanol–water partition coefficient (Wildman–Crippen LogP) is 6.17. The summed E-state index contributed by atoms with van der Waals surface area (Å²) in [6.45, 7) is 16.0. The van der Waals surface area contributed by atoms with Crippen molar-refractivity contribution in [2.45, 2.75) is 53.0 Å². The fourth-order valence-electron chi connectivity index (χ4n) is 3.95. The Morgan fingerprint density at radius 3 is 2.64 bits per heavy atom. The monoisotopic (exact) mass is 460 g/mol. The number of allylic oxidation sites excluding steroid dienone is 1. The summed E-state index contributed by atoms with van der Waals surface area (Å²) in [5, 5.41) is 10.6. The Labute approximate surface area is 200 Å². The van der Waals surface area contributed by atoms with Gasteiger partial charge in [-0.25, -0.2) is 4.68 Å². The van der Waals surface area contributed by atoms with Crippen LogP contribution in [0.2, 0.25) is 0 Å². The van der Waals surface area contributed by atoms with E-state index in [1.54, 1.807) is 11.3 Å². The first-order chi connectivity index (χ1) is 15.7. The number of benzene rings is 1. The molecule has 1 aliphatic rings. The van der Waals surface area contributed by atoms with E-state index in [0.717, 1.165) is 47.0 Å². The van der Waals surface area contributed by atoms with E-state index in [1.165, 1.54) is 10.4 Å². The highest BCUT2D eigenvalue weighted by Crippen LogP contribution is 2.34. The van der Waals surface area contributed by atoms with E-state index >= 15 is 0 Å². The normalized spacial score (nSPS) is 14.2. The fourth-order valence-corrected chi connectivity index (χ4v) is 5.08. The number of rotatable bonds is 5. The van der Waals surface area contributed by atoms with Crippen LogP contribution in [0.5, 0.6) is 0 Å². The molecule has 0 fully saturated rings. The van der Waals surface area contributed by atoms with E-state index in [0.29, 0.717) is 6.54 Å². The third kappa shape index (κ3) is 4.67. The van der Waals surface area contributed by atoms with Crippen molar-refractivity contribution in [1.29, 1.82) is 0 Å². The first kappa shape index (κ1) is 23.1. The van der Waals surface area contributed by atoms with E-state index in [1.807, 2.05) is 47.7 Å². The molecule has 1 aromatic carbocycles. The summed E-state index contributed by atoms with van der Waals surface area (Å²) in [7, 11) is 0. The Hall–Kier alpha value is -3.12. The van der Waals surface area contributed by atoms with E-state index in [4.69, 9.17) is 5.10 Å². The molecule has 0 radical (unpaired) electrons. The summed E-state index contributed by atoms with van der Waals surface area (Å²) in [5.74, 6) is 1.02. The average molecular weight is 461 g/mol. The van der Waals surface area contributed by atoms with Crippen LogP contribution < -0.4 is 5.32 Å². The number of nitrogens with one attached hydrogen (secondary N) is 1. The lowest BCUT2D eigenvalue weighted by molar-refractivity contribution is -0.127. The topological polar surface area (TPSA) is 50.2 Å². The third-order valence-corrected chi connectivity index (χ3v) is 7.10. The molecule has 172 valence electrons. The molecule has 3 aromatic rings. The second-order valence-electron chi connectivity index (χ2n) is 9.52. The standard InChI is InChI=1S/C27H32N4OS/c1-7-18(2)26(32)30-14-13-21-22(17-33-23(21)16-30)19(3)28-25-15-24(27(4,5)6)29-31(25)20-11-9-8-10-12-20/h7-12,15,17,28H,3,13-14,16H2,1-2,4-6H3/b18-7+. The minimum absolute atomic E-state index is 0.0690. The van der Waals surface area contributed by atoms with Crippen molar-refractivity contribution in [1.82, 2.24) is 14.7 Å². The molecule has 0 bridgehead atoms. The van der Waals surface area contributed by atoms with Crippen molar-refractivity contribution in [2.75, 3.05) is 11.9 Å². The fraction of sp³-hybridized carbons (Fsp3) is 0.333. The van der Waals surface area contributed by atoms with Crippen molar-refractivity contribution >= 4 is 28.8 Å². The molecular weight excluding hydrogens is 428 g/mol. The van der Waals surface area contributed by atoms with Gasteiger partial charge in [-0.2, -0.15) is 5.10 Å². The van der Waals surface area contributed by atoms with Crippen molar-refractivity contribution in [3.8, 4) is 5.69 Å². The molecule has 0 spiro atoms. The zero-order chi connectivity index (χ0) is 23.8. The molecule has 0 unspecified atom stereocenters. The third-order valence-electron chi connectivity index (χ3n) is 6.09. The van der Waals surface area contributed by atoms with Crippen molar-refractivity contribution < 1.29 is 4.79 Å². The van der Waals surface area contributed by atoms with Gasteiger partial charge in [-0.05, 0) is 38.0 Å². The summed E-state index contributed by atoms with van der Waals surface area (Å²) in [6.07, 6.45) is 2.72. The Kier molecular flexibility index (Phi) is 6.30. The van der Waals surface area contributed by atoms with E-state index < -0.39 is 0 Å². The summed E-state index contributed by atoms with van der Waals surface area (Å²) in [4.78, 5) is 15.8. The van der Waals surface area contributed by atoms with Crippen LogP contribution in [-0.2, 0) is 23.2 Å². The number of carbonyl (C=O) groups is 1. The highest BCUT2D eigenvalue weighted by molar-refractivity contribution is 7.10. The first-order valence-electron chi connectivity index (χ1n) is 11.3. The van der Waals surface area contributed by atoms with Gasteiger partial charge in [0.1, 0.15) is 5.82 Å². The van der Waals surface area contributed by atoms with E-state index in [9.17, 15) is 4.79 Å². The van der Waals surface area contributed by atoms with Crippen LogP contribution in [0, 0.1) is 0 Å². The van der Waals surface area contributed by atoms with E-state index in [2.05, 4.69) is 56.2 Å². The molecule has 1 N–H and O–H groups in total. The van der Waals surface area contributed by atoms with Gasteiger partial charge in [0.25, 0.3) is 0 Å². The maximum absolute atomic E-state index is 12.6. The molecular formula is C27H32N4OS. The molecule has 5 nitrogen and oxygen atoms in total. The second kappa shape index (κ2) is 9.02. The van der Waals surface area contributed by atoms with Gasteiger partial charge in [-0.3, -0.25) is 4.79 Å². The zero-order valence-corrected chi connectivity index (χ0v) is 20.9. The van der Waals surface area contributed by atoms with Gasteiger partial charge in [-0.1, -0.05) is 51.6 Å². The van der Waals surface area contributed by atoms with Gasteiger partial charge in [-0.15, -0.1) is 11.3 Å². The van der Waals surface area contributed by atoms with Crippen LogP contribution in [0.25, 0.3) is 11.4 Å². The van der Waals surface area contributed by atoms with Gasteiger partial charge in [0, 0.05) is 45.1 Å². The quantitative estimate of drug-likeness (QED) is 0.464. The first-order valence-corrected chi connectivity index (χ1v) is 12.2. The van der Waals surface area contributed by atoms with Gasteiger partial charge in [0.2, 0.25) is 5.91 Å². The summed E-state index contributed by atoms with van der Waals surface area (Å²) < 4.78 is 1.95. The Bertz CT molecular complexity index is 1210. The molecule has 6 heteroatoms. The smallest absolute Gasteiger partial charge is 0.249 e. The molecule has 1 aliphatic heterocycles. The van der Waals surface area contributed by atoms with Crippen LogP contribution in [0.15, 0.2) is 60.0 Å². The minimum atomic E-state index is -0.0690. The highest BCUT2D eigenvalue weighted by atomic mass is 32.1. The molecule has 4 rings (SSSR count). The van der Waals surface area contributed by atoms with Crippen LogP contribution in [0.4, 0.5) is 5.82 Å². The molecule has 0 aliphatic carbocycles. The Balaban J connectivity index is 1.60. The lowest BCUT2D eigenvalue weighted by Crippen LogP contribution is -2.36. The molecule has 1 amide bonds. The molecule has 0 atom stereocenters. The maximum Gasteiger partial charge on any atom is 0.249 e. The number of nitrogens with zero attached hydrogens (tertiary/aromatic N) is 3. The number of para-hydroxylation sites is 1. The molecule has 2 aromatic heterocycles. The number of amides is 1. The zero-order valence-electron chi connectivity index (χ0n) is 20.1. The number of aromatic nitrogens is 2. The van der Waals surface area contributed by atoms with Crippen LogP contribution >= 0.6 is 11.3 Å². The highest BCUT2D eigenvalue weighted by Gasteiger charge is 2.26. The van der Waals surface area contributed by atoms with Crippen molar-refractivity contribution in [2.24, 2.45) is 0 Å². The summed E-state index contributed by atoms with van der Waals surface area (Å²) in [5.41, 5.74) is 6.02. The van der Waals surface area contributed by atoms with Crippen LogP contribution in [-0.4, -0.2) is 27.1 Å². The predicted molar refractivity (Wildman–Crippen MR) is 138 cm³/mol. The number of anilines is 1. The van der Waals surface area contributed by atoms with Crippen LogP contribution in [0.1, 0.15) is 56.3 Å². The second-order valence-corrected chi connectivity index (χ2v) is 10.5. The van der Waals surface area contributed by atoms with E-state index in [-0.39, 0.29) is 11.3 Å². The summed E-state index contributed by atoms with van der Waals surface area (Å²) >= 11 is 1.70. The van der Waals surface area contributed by atoms with Crippen molar-refractivity contribution in [3.05, 3.63) is 81.7 Å². The summed E-state index contributed by atoms with van der Waals surface area (Å²) in [6, 6.07) is 12.3. The molecule has 3 heterocycles. The SMILES string of the molecule is C=C(Nc1cc(C(C)(C)C)nn1-c1ccccc1)c1csc2c1CCN(C(=O)/C(C)=C/C)C2. The Morgan fingerprint density at radius 2 is 1.97 bits per heavy atom. The maximum atomic E-state index is 12.6. The van der Waals surface area contributed by atoms with Crippen molar-refractivity contribution in [3.63, 3.8) is 0 Å². The number of hydrogen-bond acceptors (Lipinski definition) is 4. The average Bonchev–Trinajstić information content (AvgIpc) is 3.42. The number of carbonyl (C=O) groups excluding carboxylic acids is 1. The van der Waals surface area contributed by atoms with Gasteiger partial charge in [0.05, 0.1) is 17.9 Å². The molecule has 0 saturated heterocycles. The number of fused-ring (bicyclic) bond motifs is 1. The lowest BCUT2D eigenvalue weighted by atomic mass is 9.92. The Morgan fingerprint density at radius 1 is 1.24 bits per heavy atom. The van der Waals surface area contributed by atoms with Crippen LogP contribution in [0.3, 0.4) is 0 Å². The number of thiophene rings is 1. The lowest BCUT2D eigenvalue weighted by Gasteiger charge is -2.28. The molecule has 33 heavy (non-hydrogen) atoms. The largest absolute Gasteiger partial charge is 0.340 e. The minimum Gasteiger partial charge on any atom is -0.340 e. The molecule has 0 saturated carbocycles. The van der Waals surface area contributed by atoms with Gasteiger partial charge < -0.3 is 10.2 Å². The van der Waals surface area contributed by atoms with Gasteiger partial charge in [0.15, 0.2) is 0 Å². The van der Waals surface area contributed by atoms with Gasteiger partial charge >= 0.3 is 0 Å².